The van der Waals surface area contributed by atoms with Gasteiger partial charge in [0.15, 0.2) is 0 Å². The van der Waals surface area contributed by atoms with Crippen molar-refractivity contribution in [2.45, 2.75) is 19.4 Å². The van der Waals surface area contributed by atoms with Crippen molar-refractivity contribution in [2.24, 2.45) is 0 Å². The van der Waals surface area contributed by atoms with Crippen LogP contribution in [0.25, 0.3) is 0 Å². The van der Waals surface area contributed by atoms with Crippen LogP contribution in [0.4, 0.5) is 0 Å². The zero-order valence-electron chi connectivity index (χ0n) is 10.9. The van der Waals surface area contributed by atoms with Crippen molar-refractivity contribution in [1.82, 2.24) is 10.3 Å². The second-order valence-corrected chi connectivity index (χ2v) is 4.53. The van der Waals surface area contributed by atoms with E-state index in [-0.39, 0.29) is 17.5 Å². The molecule has 1 aromatic carbocycles. The molecule has 4 nitrogen and oxygen atoms in total. The second-order valence-electron chi connectivity index (χ2n) is 4.53. The number of phenolic OH excluding ortho intramolecular Hbond substituents is 2. The average Bonchev–Trinajstić information content (AvgIpc) is 2.39. The lowest BCUT2D eigenvalue weighted by Gasteiger charge is -2.15. The fraction of sp³-hybridized carbons (Fsp3) is 0.267. The number of phenols is 2. The summed E-state index contributed by atoms with van der Waals surface area (Å²) in [6.45, 7) is 2.78. The zero-order valence-corrected chi connectivity index (χ0v) is 10.9. The van der Waals surface area contributed by atoms with Gasteiger partial charge in [0.2, 0.25) is 0 Å². The summed E-state index contributed by atoms with van der Waals surface area (Å²) < 4.78 is 0. The summed E-state index contributed by atoms with van der Waals surface area (Å²) in [5.74, 6) is 0.185. The summed E-state index contributed by atoms with van der Waals surface area (Å²) in [6.07, 6.45) is 4.50. The molecule has 19 heavy (non-hydrogen) atoms. The highest BCUT2D eigenvalue weighted by atomic mass is 16.3. The van der Waals surface area contributed by atoms with Crippen LogP contribution in [0.2, 0.25) is 0 Å². The van der Waals surface area contributed by atoms with E-state index in [1.165, 1.54) is 11.6 Å². The van der Waals surface area contributed by atoms with E-state index in [2.05, 4.69) is 10.3 Å². The van der Waals surface area contributed by atoms with Crippen LogP contribution in [0, 0.1) is 0 Å². The molecule has 0 amide bonds. The molecule has 0 aliphatic rings. The van der Waals surface area contributed by atoms with Gasteiger partial charge in [0, 0.05) is 30.1 Å². The van der Waals surface area contributed by atoms with Crippen LogP contribution in [0.1, 0.15) is 24.1 Å². The van der Waals surface area contributed by atoms with E-state index in [0.717, 1.165) is 18.5 Å². The summed E-state index contributed by atoms with van der Waals surface area (Å²) in [6, 6.07) is 8.65. The van der Waals surface area contributed by atoms with E-state index in [9.17, 15) is 10.2 Å². The maximum Gasteiger partial charge on any atom is 0.124 e. The van der Waals surface area contributed by atoms with Crippen LogP contribution in [0.3, 0.4) is 0 Å². The minimum Gasteiger partial charge on any atom is -0.508 e. The Morgan fingerprint density at radius 1 is 1.26 bits per heavy atom. The van der Waals surface area contributed by atoms with Gasteiger partial charge < -0.3 is 15.5 Å². The number of aromatic hydroxyl groups is 2. The normalized spacial score (nSPS) is 12.3. The second kappa shape index (κ2) is 6.20. The summed E-state index contributed by atoms with van der Waals surface area (Å²) in [5.41, 5.74) is 1.96. The third-order valence-corrected chi connectivity index (χ3v) is 3.07. The van der Waals surface area contributed by atoms with E-state index < -0.39 is 0 Å². The topological polar surface area (TPSA) is 65.4 Å². The van der Waals surface area contributed by atoms with Gasteiger partial charge in [-0.15, -0.1) is 0 Å². The number of benzene rings is 1. The monoisotopic (exact) mass is 258 g/mol. The molecule has 1 heterocycles. The molecule has 0 radical (unpaired) electrons. The molecule has 0 bridgehead atoms. The van der Waals surface area contributed by atoms with E-state index in [1.807, 2.05) is 25.3 Å². The molecular weight excluding hydrogens is 240 g/mol. The summed E-state index contributed by atoms with van der Waals surface area (Å²) in [7, 11) is 0. The fourth-order valence-corrected chi connectivity index (χ4v) is 1.99. The van der Waals surface area contributed by atoms with Gasteiger partial charge >= 0.3 is 0 Å². The minimum atomic E-state index is 0.0253. The molecule has 0 aliphatic heterocycles. The maximum absolute atomic E-state index is 9.77. The molecular formula is C15H18N2O2. The number of nitrogens with zero attached hydrogens (tertiary/aromatic N) is 1. The predicted molar refractivity (Wildman–Crippen MR) is 74.1 cm³/mol. The van der Waals surface area contributed by atoms with Crippen molar-refractivity contribution < 1.29 is 10.2 Å². The standard InChI is InChI=1S/C15H18N2O2/c1-11(14-5-4-13(18)9-15(14)19)17-8-6-12-3-2-7-16-10-12/h2-5,7,9-11,17-19H,6,8H2,1H3. The first kappa shape index (κ1) is 13.4. The first-order chi connectivity index (χ1) is 9.16. The molecule has 1 aromatic heterocycles. The van der Waals surface area contributed by atoms with Crippen LogP contribution in [0.15, 0.2) is 42.7 Å². The molecule has 0 saturated carbocycles. The molecule has 1 atom stereocenters. The van der Waals surface area contributed by atoms with Gasteiger partial charge in [-0.1, -0.05) is 12.1 Å². The first-order valence-corrected chi connectivity index (χ1v) is 6.31. The van der Waals surface area contributed by atoms with E-state index in [1.54, 1.807) is 18.3 Å². The van der Waals surface area contributed by atoms with Crippen molar-refractivity contribution in [1.29, 1.82) is 0 Å². The quantitative estimate of drug-likeness (QED) is 0.770. The first-order valence-electron chi connectivity index (χ1n) is 6.31. The van der Waals surface area contributed by atoms with E-state index >= 15 is 0 Å². The lowest BCUT2D eigenvalue weighted by Crippen LogP contribution is -2.21. The zero-order chi connectivity index (χ0) is 13.7. The molecule has 2 rings (SSSR count). The number of aromatic nitrogens is 1. The van der Waals surface area contributed by atoms with Gasteiger partial charge in [0.05, 0.1) is 0 Å². The van der Waals surface area contributed by atoms with Crippen molar-refractivity contribution >= 4 is 0 Å². The van der Waals surface area contributed by atoms with Crippen molar-refractivity contribution in [2.75, 3.05) is 6.54 Å². The highest BCUT2D eigenvalue weighted by Gasteiger charge is 2.10. The molecule has 0 saturated heterocycles. The third kappa shape index (κ3) is 3.69. The van der Waals surface area contributed by atoms with Crippen LogP contribution >= 0.6 is 0 Å². The Labute approximate surface area is 112 Å². The molecule has 1 unspecified atom stereocenters. The molecule has 0 aliphatic carbocycles. The molecule has 2 aromatic rings. The van der Waals surface area contributed by atoms with E-state index in [0.29, 0.717) is 0 Å². The third-order valence-electron chi connectivity index (χ3n) is 3.07. The fourth-order valence-electron chi connectivity index (χ4n) is 1.99. The Balaban J connectivity index is 1.89. The SMILES string of the molecule is CC(NCCc1cccnc1)c1ccc(O)cc1O. The number of pyridine rings is 1. The van der Waals surface area contributed by atoms with Gasteiger partial charge in [0.25, 0.3) is 0 Å². The Morgan fingerprint density at radius 3 is 2.79 bits per heavy atom. The van der Waals surface area contributed by atoms with Crippen LogP contribution < -0.4 is 5.32 Å². The number of hydrogen-bond acceptors (Lipinski definition) is 4. The smallest absolute Gasteiger partial charge is 0.124 e. The molecule has 0 spiro atoms. The van der Waals surface area contributed by atoms with Crippen molar-refractivity contribution in [3.8, 4) is 11.5 Å². The van der Waals surface area contributed by atoms with Crippen LogP contribution in [-0.2, 0) is 6.42 Å². The Bertz CT molecular complexity index is 529. The van der Waals surface area contributed by atoms with E-state index in [4.69, 9.17) is 0 Å². The Morgan fingerprint density at radius 2 is 2.11 bits per heavy atom. The van der Waals surface area contributed by atoms with Gasteiger partial charge in [-0.3, -0.25) is 4.98 Å². The molecule has 4 heteroatoms. The Hall–Kier alpha value is -2.07. The summed E-state index contributed by atoms with van der Waals surface area (Å²) in [4.78, 5) is 4.07. The van der Waals surface area contributed by atoms with Crippen molar-refractivity contribution in [3.63, 3.8) is 0 Å². The number of hydrogen-bond donors (Lipinski definition) is 3. The van der Waals surface area contributed by atoms with Crippen LogP contribution in [-0.4, -0.2) is 21.7 Å². The largest absolute Gasteiger partial charge is 0.508 e. The van der Waals surface area contributed by atoms with Gasteiger partial charge in [-0.25, -0.2) is 0 Å². The lowest BCUT2D eigenvalue weighted by molar-refractivity contribution is 0.436. The summed E-state index contributed by atoms with van der Waals surface area (Å²) >= 11 is 0. The Kier molecular flexibility index (Phi) is 4.36. The summed E-state index contributed by atoms with van der Waals surface area (Å²) in [5, 5.41) is 22.4. The molecule has 3 N–H and O–H groups in total. The minimum absolute atomic E-state index is 0.0253. The maximum atomic E-state index is 9.77. The van der Waals surface area contributed by atoms with Crippen LogP contribution in [0.5, 0.6) is 11.5 Å². The van der Waals surface area contributed by atoms with Gasteiger partial charge in [-0.2, -0.15) is 0 Å². The predicted octanol–water partition coefficient (Wildman–Crippen LogP) is 2.39. The molecule has 0 fully saturated rings. The number of nitrogens with one attached hydrogen (secondary N) is 1. The van der Waals surface area contributed by atoms with Crippen molar-refractivity contribution in [3.05, 3.63) is 53.9 Å². The highest BCUT2D eigenvalue weighted by molar-refractivity contribution is 5.40. The number of rotatable bonds is 5. The lowest BCUT2D eigenvalue weighted by atomic mass is 10.1. The van der Waals surface area contributed by atoms with Gasteiger partial charge in [0.1, 0.15) is 11.5 Å². The molecule has 100 valence electrons. The highest BCUT2D eigenvalue weighted by Crippen LogP contribution is 2.27. The van der Waals surface area contributed by atoms with Gasteiger partial charge in [-0.05, 0) is 37.6 Å². The average molecular weight is 258 g/mol.